The summed E-state index contributed by atoms with van der Waals surface area (Å²) in [5, 5.41) is 11.0. The summed E-state index contributed by atoms with van der Waals surface area (Å²) in [6.07, 6.45) is 6.27. The van der Waals surface area contributed by atoms with Gasteiger partial charge in [-0.2, -0.15) is 0 Å². The molecule has 0 aromatic heterocycles. The summed E-state index contributed by atoms with van der Waals surface area (Å²) in [7, 11) is 0. The van der Waals surface area contributed by atoms with Crippen molar-refractivity contribution in [3.05, 3.63) is 5.21 Å². The quantitative estimate of drug-likeness (QED) is 0.467. The smallest absolute Gasteiger partial charge is 0.00206 e. The number of nitrogens with zero attached hydrogens (tertiary/aromatic N) is 1. The molecule has 0 aromatic carbocycles. The van der Waals surface area contributed by atoms with Crippen LogP contribution in [0.25, 0.3) is 0 Å². The van der Waals surface area contributed by atoms with Gasteiger partial charge in [0, 0.05) is 6.54 Å². The van der Waals surface area contributed by atoms with E-state index in [1.165, 1.54) is 32.1 Å². The molecule has 0 unspecified atom stereocenters. The van der Waals surface area contributed by atoms with Crippen LogP contribution in [0.4, 0.5) is 0 Å². The summed E-state index contributed by atoms with van der Waals surface area (Å²) in [6, 6.07) is 0. The lowest BCUT2D eigenvalue weighted by molar-refractivity contribution is 0.259. The molecule has 3 nitrogen and oxygen atoms in total. The predicted octanol–water partition coefficient (Wildman–Crippen LogP) is 1.24. The molecular formula is C7H15N2O-. The van der Waals surface area contributed by atoms with Crippen LogP contribution in [0.1, 0.15) is 32.1 Å². The summed E-state index contributed by atoms with van der Waals surface area (Å²) in [6.45, 7) is 0.528. The van der Waals surface area contributed by atoms with Crippen molar-refractivity contribution in [1.82, 2.24) is 5.17 Å². The highest BCUT2D eigenvalue weighted by molar-refractivity contribution is 4.67. The third kappa shape index (κ3) is 2.64. The van der Waals surface area contributed by atoms with Crippen molar-refractivity contribution in [2.75, 3.05) is 6.54 Å². The minimum atomic E-state index is 0.528. The van der Waals surface area contributed by atoms with E-state index in [1.54, 1.807) is 0 Å². The van der Waals surface area contributed by atoms with Gasteiger partial charge in [0.1, 0.15) is 0 Å². The fourth-order valence-electron chi connectivity index (χ4n) is 1.62. The fraction of sp³-hybridized carbons (Fsp3) is 1.00. The molecule has 1 saturated carbocycles. The minimum Gasteiger partial charge on any atom is -0.772 e. The second-order valence-corrected chi connectivity index (χ2v) is 3.10. The van der Waals surface area contributed by atoms with Crippen LogP contribution >= 0.6 is 0 Å². The first-order chi connectivity index (χ1) is 4.79. The highest BCUT2D eigenvalue weighted by atomic mass is 16.5. The molecule has 60 valence electrons. The van der Waals surface area contributed by atoms with Gasteiger partial charge in [-0.3, -0.25) is 5.84 Å². The van der Waals surface area contributed by atoms with E-state index in [0.29, 0.717) is 17.6 Å². The first-order valence-corrected chi connectivity index (χ1v) is 3.98. The highest BCUT2D eigenvalue weighted by Gasteiger charge is 2.12. The summed E-state index contributed by atoms with van der Waals surface area (Å²) in [4.78, 5) is 0. The third-order valence-corrected chi connectivity index (χ3v) is 2.16. The van der Waals surface area contributed by atoms with Gasteiger partial charge in [0.15, 0.2) is 0 Å². The average molecular weight is 143 g/mol. The molecule has 10 heavy (non-hydrogen) atoms. The summed E-state index contributed by atoms with van der Waals surface area (Å²) < 4.78 is 0. The largest absolute Gasteiger partial charge is 0.772 e. The monoisotopic (exact) mass is 143 g/mol. The zero-order valence-electron chi connectivity index (χ0n) is 6.25. The number of hydrazine groups is 1. The van der Waals surface area contributed by atoms with Gasteiger partial charge >= 0.3 is 0 Å². The van der Waals surface area contributed by atoms with E-state index >= 15 is 0 Å². The van der Waals surface area contributed by atoms with Crippen molar-refractivity contribution >= 4 is 0 Å². The van der Waals surface area contributed by atoms with Gasteiger partial charge < -0.3 is 10.4 Å². The lowest BCUT2D eigenvalue weighted by Crippen LogP contribution is -2.30. The van der Waals surface area contributed by atoms with Gasteiger partial charge in [-0.05, 0) is 18.8 Å². The second-order valence-electron chi connectivity index (χ2n) is 3.10. The molecular weight excluding hydrogens is 128 g/mol. The first kappa shape index (κ1) is 7.98. The third-order valence-electron chi connectivity index (χ3n) is 2.16. The van der Waals surface area contributed by atoms with Crippen LogP contribution in [0.15, 0.2) is 0 Å². The van der Waals surface area contributed by atoms with E-state index in [4.69, 9.17) is 5.84 Å². The lowest BCUT2D eigenvalue weighted by Gasteiger charge is -2.29. The number of nitrogens with two attached hydrogens (primary N) is 1. The molecule has 0 radical (unpaired) electrons. The molecule has 0 saturated heterocycles. The SMILES string of the molecule is NN([O-])CC1CCCCC1. The van der Waals surface area contributed by atoms with Crippen LogP contribution in [0.3, 0.4) is 0 Å². The Morgan fingerprint density at radius 3 is 2.40 bits per heavy atom. The Bertz CT molecular complexity index is 89.6. The maximum absolute atomic E-state index is 10.4. The number of hydroxylamine groups is 1. The number of hydrogen-bond donors (Lipinski definition) is 1. The standard InChI is InChI=1S/C7H15N2O/c8-9(10)6-7-4-2-1-3-5-7/h7H,1-6,8H2/q-1. The Morgan fingerprint density at radius 2 is 1.90 bits per heavy atom. The molecule has 0 amide bonds. The highest BCUT2D eigenvalue weighted by Crippen LogP contribution is 2.23. The number of rotatable bonds is 2. The van der Waals surface area contributed by atoms with Crippen LogP contribution in [0, 0.1) is 11.1 Å². The van der Waals surface area contributed by atoms with Gasteiger partial charge in [-0.1, -0.05) is 19.3 Å². The van der Waals surface area contributed by atoms with Crippen molar-refractivity contribution in [2.24, 2.45) is 11.8 Å². The van der Waals surface area contributed by atoms with Crippen molar-refractivity contribution < 1.29 is 0 Å². The zero-order chi connectivity index (χ0) is 7.40. The zero-order valence-corrected chi connectivity index (χ0v) is 6.25. The Hall–Kier alpha value is -0.120. The molecule has 0 heterocycles. The second kappa shape index (κ2) is 3.91. The van der Waals surface area contributed by atoms with Gasteiger partial charge in [0.05, 0.1) is 0 Å². The average Bonchev–Trinajstić information content (AvgIpc) is 1.88. The Kier molecular flexibility index (Phi) is 3.12. The molecule has 0 bridgehead atoms. The van der Waals surface area contributed by atoms with E-state index < -0.39 is 0 Å². The first-order valence-electron chi connectivity index (χ1n) is 3.98. The molecule has 2 N–H and O–H groups in total. The minimum absolute atomic E-state index is 0.528. The Balaban J connectivity index is 2.13. The van der Waals surface area contributed by atoms with E-state index in [1.807, 2.05) is 0 Å². The lowest BCUT2D eigenvalue weighted by atomic mass is 9.89. The van der Waals surface area contributed by atoms with Crippen LogP contribution in [0.5, 0.6) is 0 Å². The summed E-state index contributed by atoms with van der Waals surface area (Å²) in [5.41, 5.74) is 0. The molecule has 0 aromatic rings. The van der Waals surface area contributed by atoms with E-state index in [-0.39, 0.29) is 0 Å². The molecule has 1 aliphatic rings. The molecule has 0 aliphatic heterocycles. The van der Waals surface area contributed by atoms with Crippen LogP contribution in [0.2, 0.25) is 0 Å². The predicted molar refractivity (Wildman–Crippen MR) is 40.8 cm³/mol. The van der Waals surface area contributed by atoms with Crippen molar-refractivity contribution in [2.45, 2.75) is 32.1 Å². The van der Waals surface area contributed by atoms with Crippen LogP contribution < -0.4 is 5.84 Å². The van der Waals surface area contributed by atoms with E-state index in [0.717, 1.165) is 0 Å². The maximum Gasteiger partial charge on any atom is 0.00206 e. The topological polar surface area (TPSA) is 52.3 Å². The number of hydrogen-bond acceptors (Lipinski definition) is 3. The molecule has 1 aliphatic carbocycles. The van der Waals surface area contributed by atoms with Gasteiger partial charge in [0.2, 0.25) is 0 Å². The maximum atomic E-state index is 10.4. The Morgan fingerprint density at radius 1 is 1.30 bits per heavy atom. The molecule has 3 heteroatoms. The van der Waals surface area contributed by atoms with E-state index in [9.17, 15) is 5.21 Å². The molecule has 0 spiro atoms. The molecule has 1 fully saturated rings. The summed E-state index contributed by atoms with van der Waals surface area (Å²) >= 11 is 0. The Labute approximate surface area is 61.7 Å². The van der Waals surface area contributed by atoms with Crippen molar-refractivity contribution in [3.8, 4) is 0 Å². The molecule has 0 atom stereocenters. The van der Waals surface area contributed by atoms with Crippen LogP contribution in [-0.4, -0.2) is 11.7 Å². The van der Waals surface area contributed by atoms with E-state index in [2.05, 4.69) is 0 Å². The van der Waals surface area contributed by atoms with Gasteiger partial charge in [-0.25, -0.2) is 0 Å². The van der Waals surface area contributed by atoms with Gasteiger partial charge in [0.25, 0.3) is 0 Å². The van der Waals surface area contributed by atoms with Gasteiger partial charge in [-0.15, -0.1) is 0 Å². The normalized spacial score (nSPS) is 21.9. The van der Waals surface area contributed by atoms with Crippen molar-refractivity contribution in [3.63, 3.8) is 0 Å². The fourth-order valence-corrected chi connectivity index (χ4v) is 1.62. The van der Waals surface area contributed by atoms with Crippen LogP contribution in [-0.2, 0) is 0 Å². The summed E-state index contributed by atoms with van der Waals surface area (Å²) in [5.74, 6) is 5.57. The van der Waals surface area contributed by atoms with Crippen molar-refractivity contribution in [1.29, 1.82) is 0 Å². The molecule has 1 rings (SSSR count).